The summed E-state index contributed by atoms with van der Waals surface area (Å²) in [6, 6.07) is 14.3. The van der Waals surface area contributed by atoms with Gasteiger partial charge in [0.2, 0.25) is 5.91 Å². The van der Waals surface area contributed by atoms with Crippen molar-refractivity contribution in [2.45, 2.75) is 50.3 Å². The summed E-state index contributed by atoms with van der Waals surface area (Å²) in [5.74, 6) is -1.77. The number of amides is 2. The van der Waals surface area contributed by atoms with Crippen LogP contribution in [0.2, 0.25) is 0 Å². The Morgan fingerprint density at radius 2 is 1.58 bits per heavy atom. The molecule has 2 aromatic rings. The molecule has 0 bridgehead atoms. The summed E-state index contributed by atoms with van der Waals surface area (Å²) in [4.78, 5) is 36.1. The van der Waals surface area contributed by atoms with E-state index >= 15 is 0 Å². The fraction of sp³-hybridized carbons (Fsp3) is 0.400. The Bertz CT molecular complexity index is 1000. The summed E-state index contributed by atoms with van der Waals surface area (Å²) < 4.78 is 5.57. The molecule has 33 heavy (non-hydrogen) atoms. The molecule has 0 saturated heterocycles. The lowest BCUT2D eigenvalue weighted by Gasteiger charge is -2.21. The van der Waals surface area contributed by atoms with Crippen LogP contribution in [0.3, 0.4) is 0 Å². The second-order valence-corrected chi connectivity index (χ2v) is 8.74. The SMILES string of the molecule is C[C@@H](O)[C@H](NC(=O)CC(NC(=O)OCC1c2ccccc2-c2ccccc21)C1CC1)C(=O)O. The zero-order valence-electron chi connectivity index (χ0n) is 18.4. The number of carbonyl (C=O) groups is 3. The number of nitrogens with one attached hydrogen (secondary N) is 2. The van der Waals surface area contributed by atoms with Gasteiger partial charge in [0.1, 0.15) is 6.61 Å². The summed E-state index contributed by atoms with van der Waals surface area (Å²) in [6.45, 7) is 1.47. The molecule has 0 aliphatic heterocycles. The van der Waals surface area contributed by atoms with Crippen LogP contribution in [0.4, 0.5) is 4.79 Å². The molecule has 1 saturated carbocycles. The fourth-order valence-electron chi connectivity index (χ4n) is 4.45. The normalized spacial score (nSPS) is 17.3. The summed E-state index contributed by atoms with van der Waals surface area (Å²) in [5.41, 5.74) is 4.51. The third kappa shape index (κ3) is 5.17. The predicted octanol–water partition coefficient (Wildman–Crippen LogP) is 2.64. The molecule has 2 amide bonds. The van der Waals surface area contributed by atoms with Crippen LogP contribution in [0.5, 0.6) is 0 Å². The largest absolute Gasteiger partial charge is 0.480 e. The Hall–Kier alpha value is -3.39. The topological polar surface area (TPSA) is 125 Å². The van der Waals surface area contributed by atoms with Crippen molar-refractivity contribution in [3.63, 3.8) is 0 Å². The van der Waals surface area contributed by atoms with Crippen LogP contribution < -0.4 is 10.6 Å². The average molecular weight is 453 g/mol. The van der Waals surface area contributed by atoms with Crippen LogP contribution in [-0.4, -0.2) is 53.0 Å². The molecule has 2 aromatic carbocycles. The van der Waals surface area contributed by atoms with E-state index in [1.165, 1.54) is 6.92 Å². The smallest absolute Gasteiger partial charge is 0.407 e. The van der Waals surface area contributed by atoms with Gasteiger partial charge in [-0.2, -0.15) is 0 Å². The van der Waals surface area contributed by atoms with Gasteiger partial charge in [-0.1, -0.05) is 48.5 Å². The molecular formula is C25H28N2O6. The van der Waals surface area contributed by atoms with E-state index in [0.717, 1.165) is 35.1 Å². The van der Waals surface area contributed by atoms with Crippen LogP contribution in [0.1, 0.15) is 43.2 Å². The highest BCUT2D eigenvalue weighted by molar-refractivity contribution is 5.84. The number of hydrogen-bond acceptors (Lipinski definition) is 5. The Morgan fingerprint density at radius 3 is 2.09 bits per heavy atom. The highest BCUT2D eigenvalue weighted by Crippen LogP contribution is 2.44. The maximum atomic E-state index is 12.6. The molecule has 174 valence electrons. The second kappa shape index (κ2) is 9.62. The van der Waals surface area contributed by atoms with Gasteiger partial charge >= 0.3 is 12.1 Å². The maximum Gasteiger partial charge on any atom is 0.407 e. The molecule has 4 N–H and O–H groups in total. The molecule has 8 heteroatoms. The summed E-state index contributed by atoms with van der Waals surface area (Å²) in [5, 5.41) is 23.8. The second-order valence-electron chi connectivity index (χ2n) is 8.74. The van der Waals surface area contributed by atoms with E-state index in [4.69, 9.17) is 9.84 Å². The number of carboxylic acids is 1. The third-order valence-corrected chi connectivity index (χ3v) is 6.31. The maximum absolute atomic E-state index is 12.6. The Balaban J connectivity index is 1.36. The Labute approximate surface area is 192 Å². The molecular weight excluding hydrogens is 424 g/mol. The number of fused-ring (bicyclic) bond motifs is 3. The number of ether oxygens (including phenoxy) is 1. The minimum absolute atomic E-state index is 0.0619. The fourth-order valence-corrected chi connectivity index (χ4v) is 4.45. The van der Waals surface area contributed by atoms with Crippen molar-refractivity contribution in [3.8, 4) is 11.1 Å². The minimum Gasteiger partial charge on any atom is -0.480 e. The molecule has 0 heterocycles. The molecule has 1 fully saturated rings. The van der Waals surface area contributed by atoms with E-state index < -0.39 is 36.2 Å². The monoisotopic (exact) mass is 452 g/mol. The van der Waals surface area contributed by atoms with Gasteiger partial charge in [-0.3, -0.25) is 4.79 Å². The number of aliphatic carboxylic acids is 1. The van der Waals surface area contributed by atoms with Crippen LogP contribution in [0, 0.1) is 5.92 Å². The zero-order chi connectivity index (χ0) is 23.5. The molecule has 1 unspecified atom stereocenters. The number of benzene rings is 2. The highest BCUT2D eigenvalue weighted by Gasteiger charge is 2.36. The lowest BCUT2D eigenvalue weighted by Crippen LogP contribution is -2.49. The Kier molecular flexibility index (Phi) is 6.65. The lowest BCUT2D eigenvalue weighted by atomic mass is 9.98. The first kappa shape index (κ1) is 22.8. The molecule has 2 aliphatic rings. The van der Waals surface area contributed by atoms with Crippen LogP contribution >= 0.6 is 0 Å². The van der Waals surface area contributed by atoms with Crippen LogP contribution in [0.25, 0.3) is 11.1 Å². The Morgan fingerprint density at radius 1 is 1.00 bits per heavy atom. The summed E-state index contributed by atoms with van der Waals surface area (Å²) in [7, 11) is 0. The number of alkyl carbamates (subject to hydrolysis) is 1. The first-order chi connectivity index (χ1) is 15.8. The number of carbonyl (C=O) groups excluding carboxylic acids is 2. The van der Waals surface area contributed by atoms with Crippen molar-refractivity contribution in [2.75, 3.05) is 6.61 Å². The van der Waals surface area contributed by atoms with Gasteiger partial charge < -0.3 is 25.6 Å². The third-order valence-electron chi connectivity index (χ3n) is 6.31. The van der Waals surface area contributed by atoms with Crippen molar-refractivity contribution >= 4 is 18.0 Å². The van der Waals surface area contributed by atoms with E-state index in [1.54, 1.807) is 0 Å². The average Bonchev–Trinajstić information content (AvgIpc) is 3.58. The summed E-state index contributed by atoms with van der Waals surface area (Å²) in [6.07, 6.45) is -0.167. The molecule has 3 atom stereocenters. The number of carboxylic acid groups (broad SMARTS) is 1. The molecule has 2 aliphatic carbocycles. The quantitative estimate of drug-likeness (QED) is 0.464. The molecule has 0 radical (unpaired) electrons. The van der Waals surface area contributed by atoms with Crippen LogP contribution in [-0.2, 0) is 14.3 Å². The van der Waals surface area contributed by atoms with E-state index in [9.17, 15) is 19.5 Å². The molecule has 4 rings (SSSR count). The zero-order valence-corrected chi connectivity index (χ0v) is 18.4. The lowest BCUT2D eigenvalue weighted by molar-refractivity contribution is -0.144. The van der Waals surface area contributed by atoms with Crippen molar-refractivity contribution < 1.29 is 29.3 Å². The van der Waals surface area contributed by atoms with Crippen molar-refractivity contribution in [3.05, 3.63) is 59.7 Å². The summed E-state index contributed by atoms with van der Waals surface area (Å²) >= 11 is 0. The van der Waals surface area contributed by atoms with Gasteiger partial charge in [-0.25, -0.2) is 9.59 Å². The number of hydrogen-bond donors (Lipinski definition) is 4. The van der Waals surface area contributed by atoms with Gasteiger partial charge in [0.05, 0.1) is 6.10 Å². The number of aliphatic hydroxyl groups excluding tert-OH is 1. The van der Waals surface area contributed by atoms with Gasteiger partial charge in [0.25, 0.3) is 0 Å². The van der Waals surface area contributed by atoms with Gasteiger partial charge in [0, 0.05) is 18.4 Å². The minimum atomic E-state index is -1.40. The van der Waals surface area contributed by atoms with Gasteiger partial charge in [-0.05, 0) is 47.9 Å². The van der Waals surface area contributed by atoms with Gasteiger partial charge in [-0.15, -0.1) is 0 Å². The van der Waals surface area contributed by atoms with E-state index in [2.05, 4.69) is 22.8 Å². The highest BCUT2D eigenvalue weighted by atomic mass is 16.5. The molecule has 8 nitrogen and oxygen atoms in total. The molecule has 0 spiro atoms. The van der Waals surface area contributed by atoms with E-state index in [0.29, 0.717) is 0 Å². The predicted molar refractivity (Wildman–Crippen MR) is 121 cm³/mol. The standard InChI is InChI=1S/C25H28N2O6/c1-14(28)23(24(30)31)27-22(29)12-21(15-10-11-15)26-25(32)33-13-20-18-8-4-2-6-16(18)17-7-3-5-9-19(17)20/h2-9,14-15,20-21,23,28H,10-13H2,1H3,(H,26,32)(H,27,29)(H,30,31)/t14-,21?,23+/m1/s1. The number of aliphatic hydroxyl groups is 1. The van der Waals surface area contributed by atoms with Crippen molar-refractivity contribution in [1.82, 2.24) is 10.6 Å². The number of rotatable bonds is 9. The van der Waals surface area contributed by atoms with Gasteiger partial charge in [0.15, 0.2) is 6.04 Å². The van der Waals surface area contributed by atoms with Crippen molar-refractivity contribution in [2.24, 2.45) is 5.92 Å². The first-order valence-electron chi connectivity index (χ1n) is 11.2. The van der Waals surface area contributed by atoms with Crippen molar-refractivity contribution in [1.29, 1.82) is 0 Å². The van der Waals surface area contributed by atoms with E-state index in [1.807, 2.05) is 36.4 Å². The van der Waals surface area contributed by atoms with E-state index in [-0.39, 0.29) is 24.9 Å². The molecule has 0 aromatic heterocycles. The van der Waals surface area contributed by atoms with Crippen LogP contribution in [0.15, 0.2) is 48.5 Å². The first-order valence-corrected chi connectivity index (χ1v) is 11.2.